The molecule has 0 saturated carbocycles. The summed E-state index contributed by atoms with van der Waals surface area (Å²) >= 11 is 0. The van der Waals surface area contributed by atoms with Crippen LogP contribution in [0.4, 0.5) is 0 Å². The quantitative estimate of drug-likeness (QED) is 0.185. The zero-order valence-corrected chi connectivity index (χ0v) is 37.6. The van der Waals surface area contributed by atoms with Crippen molar-refractivity contribution in [1.82, 2.24) is 18.3 Å². The fourth-order valence-electron chi connectivity index (χ4n) is 9.15. The van der Waals surface area contributed by atoms with Crippen molar-refractivity contribution in [2.24, 2.45) is 16.2 Å². The van der Waals surface area contributed by atoms with Crippen LogP contribution in [-0.2, 0) is 0 Å². The lowest BCUT2D eigenvalue weighted by Gasteiger charge is -2.74. The molecule has 1 atom stereocenters. The van der Waals surface area contributed by atoms with Gasteiger partial charge in [0.25, 0.3) is 8.08 Å². The molecule has 1 unspecified atom stereocenters. The van der Waals surface area contributed by atoms with Gasteiger partial charge in [0.1, 0.15) is 0 Å². The Morgan fingerprint density at radius 2 is 0.750 bits per heavy atom. The first-order valence-electron chi connectivity index (χ1n) is 17.4. The van der Waals surface area contributed by atoms with Crippen molar-refractivity contribution < 1.29 is 0 Å². The first kappa shape index (κ1) is 37.9. The summed E-state index contributed by atoms with van der Waals surface area (Å²) in [5, 5.41) is 3.87. The molecule has 9 heteroatoms. The van der Waals surface area contributed by atoms with Crippen molar-refractivity contribution in [1.29, 1.82) is 0 Å². The van der Waals surface area contributed by atoms with Gasteiger partial charge in [-0.1, -0.05) is 78.7 Å². The van der Waals surface area contributed by atoms with E-state index in [1.54, 1.807) is 16.4 Å². The fourth-order valence-corrected chi connectivity index (χ4v) is 71.4. The van der Waals surface area contributed by atoms with Crippen molar-refractivity contribution in [2.75, 3.05) is 26.2 Å². The molecule has 4 heterocycles. The average Bonchev–Trinajstić information content (AvgIpc) is 3.38. The van der Waals surface area contributed by atoms with Crippen LogP contribution in [0.15, 0.2) is 0 Å². The van der Waals surface area contributed by atoms with Gasteiger partial charge in [-0.2, -0.15) is 0 Å². The van der Waals surface area contributed by atoms with E-state index in [0.29, 0.717) is 0 Å². The van der Waals surface area contributed by atoms with Crippen LogP contribution in [0.2, 0.25) is 0 Å². The van der Waals surface area contributed by atoms with Gasteiger partial charge in [0.05, 0.1) is 4.52 Å². The lowest BCUT2D eigenvalue weighted by molar-refractivity contribution is 0.111. The Morgan fingerprint density at radius 1 is 0.477 bits per heavy atom. The largest absolute Gasteiger partial charge is 0.311 e. The number of hydrogen-bond acceptors (Lipinski definition) is 4. The topological polar surface area (TPSA) is 13.0 Å². The minimum absolute atomic E-state index is 0.0860. The van der Waals surface area contributed by atoms with Gasteiger partial charge in [-0.25, -0.2) is 0 Å². The van der Waals surface area contributed by atoms with Crippen LogP contribution >= 0.6 is 23.9 Å². The van der Waals surface area contributed by atoms with Crippen molar-refractivity contribution in [2.45, 2.75) is 172 Å². The molecule has 0 amide bonds. The van der Waals surface area contributed by atoms with Crippen molar-refractivity contribution in [3.63, 3.8) is 0 Å². The molecule has 0 aromatic rings. The van der Waals surface area contributed by atoms with Crippen LogP contribution in [0.25, 0.3) is 0 Å². The zero-order valence-electron chi connectivity index (χ0n) is 33.0. The van der Waals surface area contributed by atoms with Gasteiger partial charge in [-0.15, -0.1) is 0 Å². The van der Waals surface area contributed by atoms with Crippen LogP contribution in [0.5, 0.6) is 0 Å². The molecule has 0 aliphatic carbocycles. The maximum absolute atomic E-state index is 3.35. The molecule has 0 radical (unpaired) electrons. The molecule has 4 aliphatic heterocycles. The Kier molecular flexibility index (Phi) is 9.06. The Morgan fingerprint density at radius 3 is 0.977 bits per heavy atom. The standard InChI is InChI=1S/C35H71N4P3Si2/c1-28(2,3)26-40-35(30(7,8)9)41-27(29(4,5)6)42(26)43(35)36(31(10,11)12)22-23-37(32(13,14)15)44(43)38(33(16,17)18)24-25-39(44)34(19,20)21/h22-25H2,1-21H3. The van der Waals surface area contributed by atoms with E-state index < -0.39 is 23.0 Å². The predicted molar refractivity (Wildman–Crippen MR) is 209 cm³/mol. The smallest absolute Gasteiger partial charge is 0.298 e. The molecule has 4 nitrogen and oxygen atoms in total. The summed E-state index contributed by atoms with van der Waals surface area (Å²) in [5.41, 5.74) is 0.916. The molecule has 0 N–H and O–H groups in total. The Balaban J connectivity index is 2.42. The van der Waals surface area contributed by atoms with Crippen LogP contribution in [0.3, 0.4) is 0 Å². The second kappa shape index (κ2) is 10.5. The molecule has 2 fully saturated rings. The third kappa shape index (κ3) is 5.11. The minimum Gasteiger partial charge on any atom is -0.311 e. The van der Waals surface area contributed by atoms with Gasteiger partial charge in [0.15, 0.2) is 0 Å². The molecule has 0 aromatic carbocycles. The van der Waals surface area contributed by atoms with E-state index in [-0.39, 0.29) is 42.9 Å². The highest BCUT2D eigenvalue weighted by Gasteiger charge is 2.90. The summed E-state index contributed by atoms with van der Waals surface area (Å²) < 4.78 is 13.3. The highest BCUT2D eigenvalue weighted by Crippen LogP contribution is 2.86. The lowest BCUT2D eigenvalue weighted by Crippen LogP contribution is -2.99. The van der Waals surface area contributed by atoms with Gasteiger partial charge < -0.3 is 4.57 Å². The molecular weight excluding hydrogens is 626 g/mol. The summed E-state index contributed by atoms with van der Waals surface area (Å²) in [6.45, 7) is 59.1. The van der Waals surface area contributed by atoms with E-state index in [4.69, 9.17) is 0 Å². The normalized spacial score (nSPS) is 32.6. The number of hydrogen-bond donors (Lipinski definition) is 0. The van der Waals surface area contributed by atoms with Crippen molar-refractivity contribution >= 4 is 49.4 Å². The first-order valence-corrected chi connectivity index (χ1v) is 26.1. The molecule has 2 bridgehead atoms. The van der Waals surface area contributed by atoms with E-state index in [9.17, 15) is 0 Å². The monoisotopic (exact) mass is 696 g/mol. The Bertz CT molecular complexity index is 1160. The van der Waals surface area contributed by atoms with Gasteiger partial charge in [-0.05, 0) is 117 Å². The molecular formula is C35H71N4P3Si2. The van der Waals surface area contributed by atoms with E-state index in [1.807, 2.05) is 10.1 Å². The highest BCUT2D eigenvalue weighted by atomic mass is 31.4. The average molecular weight is 697 g/mol. The third-order valence-corrected chi connectivity index (χ3v) is 51.7. The van der Waals surface area contributed by atoms with Gasteiger partial charge in [0, 0.05) is 48.3 Å². The van der Waals surface area contributed by atoms with Crippen molar-refractivity contribution in [3.8, 4) is 0 Å². The van der Waals surface area contributed by atoms with E-state index in [2.05, 4.69) is 164 Å². The molecule has 4 rings (SSSR count). The molecule has 2 saturated heterocycles. The minimum atomic E-state index is -2.65. The highest BCUT2D eigenvalue weighted by molar-refractivity contribution is 8.36. The second-order valence-corrected chi connectivity index (χ2v) is 41.6. The summed E-state index contributed by atoms with van der Waals surface area (Å²) in [6, 6.07) is 0. The number of rotatable bonds is 0. The zero-order chi connectivity index (χ0) is 34.3. The van der Waals surface area contributed by atoms with Gasteiger partial charge in [0.2, 0.25) is 7.42 Å². The Labute approximate surface area is 281 Å². The second-order valence-electron chi connectivity index (χ2n) is 21.2. The fraction of sp³-hybridized carbons (Fsp3) is 0.943. The maximum atomic E-state index is 3.35. The van der Waals surface area contributed by atoms with Crippen molar-refractivity contribution in [3.05, 3.63) is 0 Å². The summed E-state index contributed by atoms with van der Waals surface area (Å²) in [5.74, 6) is 0. The Hall–Kier alpha value is 1.04. The van der Waals surface area contributed by atoms with E-state index >= 15 is 0 Å². The lowest BCUT2D eigenvalue weighted by atomic mass is 9.99. The molecule has 4 aliphatic rings. The van der Waals surface area contributed by atoms with E-state index in [1.165, 1.54) is 26.2 Å². The molecule has 254 valence electrons. The molecule has 44 heavy (non-hydrogen) atoms. The predicted octanol–water partition coefficient (Wildman–Crippen LogP) is 9.91. The summed E-state index contributed by atoms with van der Waals surface area (Å²) in [7, 11) is -2.24. The van der Waals surface area contributed by atoms with Crippen LogP contribution in [0.1, 0.15) is 145 Å². The summed E-state index contributed by atoms with van der Waals surface area (Å²) in [4.78, 5) is 0. The van der Waals surface area contributed by atoms with Gasteiger partial charge in [-0.3, -0.25) is 13.7 Å². The molecule has 0 aromatic heterocycles. The first-order chi connectivity index (χ1) is 19.2. The van der Waals surface area contributed by atoms with Gasteiger partial charge >= 0.3 is 0 Å². The van der Waals surface area contributed by atoms with Crippen LogP contribution in [-0.4, -0.2) is 96.7 Å². The number of nitrogens with zero attached hydrogens (tertiary/aromatic N) is 4. The van der Waals surface area contributed by atoms with Crippen LogP contribution in [0, 0.1) is 16.2 Å². The maximum Gasteiger partial charge on any atom is 0.298 e. The summed E-state index contributed by atoms with van der Waals surface area (Å²) in [6.07, 6.45) is 0. The third-order valence-electron chi connectivity index (χ3n) is 10.5. The van der Waals surface area contributed by atoms with E-state index in [0.717, 1.165) is 0 Å². The SMILES string of the molecule is CC(C)(C)C1=PC2(C(C)(C)C)P=C(C(C)(C)C)P1[Si]21N(C(C)(C)C)CCN(C(C)(C)C)[Si]12N(C(C)(C)C)CCN2C(C)(C)C. The van der Waals surface area contributed by atoms with Crippen LogP contribution < -0.4 is 0 Å². The molecule has 2 spiro atoms.